The van der Waals surface area contributed by atoms with E-state index in [0.29, 0.717) is 51.5 Å². The van der Waals surface area contributed by atoms with Crippen LogP contribution in [0.25, 0.3) is 16.0 Å². The van der Waals surface area contributed by atoms with Crippen molar-refractivity contribution in [3.8, 4) is 11.5 Å². The fourth-order valence-corrected chi connectivity index (χ4v) is 6.51. The van der Waals surface area contributed by atoms with Gasteiger partial charge in [-0.2, -0.15) is 0 Å². The Kier molecular flexibility index (Phi) is 7.21. The van der Waals surface area contributed by atoms with Crippen LogP contribution in [0.5, 0.6) is 11.5 Å². The van der Waals surface area contributed by atoms with Crippen molar-refractivity contribution >= 4 is 55.7 Å². The van der Waals surface area contributed by atoms with Crippen LogP contribution in [0.2, 0.25) is 5.02 Å². The first-order valence-electron chi connectivity index (χ1n) is 13.6. The van der Waals surface area contributed by atoms with E-state index in [1.165, 1.54) is 16.2 Å². The molecule has 1 fully saturated rings. The van der Waals surface area contributed by atoms with Crippen LogP contribution in [0, 0.1) is 5.92 Å². The standard InChI is InChI=1S/C32H29ClN2O5S/c1-17(2)11-12-39-23-6-4-5-19(15-23)28-27(29(36)20-7-10-25-21(14-20)13-18(3)40-25)30(37)31(38)35(28)32-34-24-9-8-22(33)16-26(24)41-32/h4-10,14-18,28,36H,11-13H2,1-3H3. The number of aliphatic hydroxyl groups is 1. The Morgan fingerprint density at radius 3 is 2.80 bits per heavy atom. The molecule has 1 saturated heterocycles. The van der Waals surface area contributed by atoms with Crippen LogP contribution in [0.1, 0.15) is 49.9 Å². The minimum atomic E-state index is -0.914. The number of benzene rings is 3. The van der Waals surface area contributed by atoms with E-state index in [1.54, 1.807) is 30.3 Å². The second kappa shape index (κ2) is 10.8. The molecule has 9 heteroatoms. The van der Waals surface area contributed by atoms with Gasteiger partial charge in [0.05, 0.1) is 28.4 Å². The maximum atomic E-state index is 13.7. The van der Waals surface area contributed by atoms with Gasteiger partial charge in [-0.15, -0.1) is 0 Å². The van der Waals surface area contributed by atoms with Gasteiger partial charge in [0.15, 0.2) is 5.13 Å². The second-order valence-corrected chi connectivity index (χ2v) is 12.3. The molecule has 1 N–H and O–H groups in total. The number of halogens is 1. The van der Waals surface area contributed by atoms with Crippen LogP contribution in [0.15, 0.2) is 66.2 Å². The second-order valence-electron chi connectivity index (χ2n) is 10.8. The summed E-state index contributed by atoms with van der Waals surface area (Å²) < 4.78 is 12.6. The quantitative estimate of drug-likeness (QED) is 0.138. The molecule has 1 amide bonds. The van der Waals surface area contributed by atoms with Crippen molar-refractivity contribution in [1.82, 2.24) is 4.98 Å². The van der Waals surface area contributed by atoms with Crippen molar-refractivity contribution in [3.05, 3.63) is 87.9 Å². The van der Waals surface area contributed by atoms with Crippen molar-refractivity contribution in [3.63, 3.8) is 0 Å². The van der Waals surface area contributed by atoms with E-state index in [0.717, 1.165) is 22.4 Å². The van der Waals surface area contributed by atoms with Crippen molar-refractivity contribution in [2.45, 2.75) is 45.8 Å². The molecule has 0 radical (unpaired) electrons. The number of anilines is 1. The maximum absolute atomic E-state index is 13.7. The van der Waals surface area contributed by atoms with Crippen LogP contribution < -0.4 is 14.4 Å². The number of hydrogen-bond donors (Lipinski definition) is 1. The first kappa shape index (κ1) is 27.3. The summed E-state index contributed by atoms with van der Waals surface area (Å²) in [5.74, 6) is 0.0814. The van der Waals surface area contributed by atoms with Gasteiger partial charge in [-0.1, -0.05) is 48.9 Å². The summed E-state index contributed by atoms with van der Waals surface area (Å²) in [6, 6.07) is 17.0. The zero-order valence-corrected chi connectivity index (χ0v) is 24.5. The monoisotopic (exact) mass is 588 g/mol. The predicted molar refractivity (Wildman–Crippen MR) is 161 cm³/mol. The highest BCUT2D eigenvalue weighted by atomic mass is 35.5. The summed E-state index contributed by atoms with van der Waals surface area (Å²) >= 11 is 7.47. The van der Waals surface area contributed by atoms with Gasteiger partial charge in [0, 0.05) is 17.0 Å². The molecule has 2 aliphatic heterocycles. The molecule has 7 nitrogen and oxygen atoms in total. The number of rotatable bonds is 7. The fourth-order valence-electron chi connectivity index (χ4n) is 5.25. The minimum absolute atomic E-state index is 0.00136. The van der Waals surface area contributed by atoms with Gasteiger partial charge < -0.3 is 14.6 Å². The maximum Gasteiger partial charge on any atom is 0.301 e. The molecule has 2 atom stereocenters. The number of carbonyl (C=O) groups excluding carboxylic acids is 2. The lowest BCUT2D eigenvalue weighted by Crippen LogP contribution is -2.29. The molecule has 41 heavy (non-hydrogen) atoms. The first-order valence-corrected chi connectivity index (χ1v) is 14.8. The van der Waals surface area contributed by atoms with E-state index in [2.05, 4.69) is 18.8 Å². The SMILES string of the molecule is CC(C)CCOc1cccc(C2C(=C(O)c3ccc4c(c3)CC(C)O4)C(=O)C(=O)N2c2nc3ccc(Cl)cc3s2)c1. The van der Waals surface area contributed by atoms with Crippen molar-refractivity contribution < 1.29 is 24.2 Å². The summed E-state index contributed by atoms with van der Waals surface area (Å²) in [7, 11) is 0. The number of Topliss-reactive ketones (excluding diaryl/α,β-unsaturated/α-hetero) is 1. The number of aromatic nitrogens is 1. The normalized spacial score (nSPS) is 19.7. The highest BCUT2D eigenvalue weighted by molar-refractivity contribution is 7.22. The lowest BCUT2D eigenvalue weighted by molar-refractivity contribution is -0.132. The fraction of sp³-hybridized carbons (Fsp3) is 0.281. The lowest BCUT2D eigenvalue weighted by Gasteiger charge is -2.23. The molecule has 3 aromatic carbocycles. The zero-order valence-electron chi connectivity index (χ0n) is 22.9. The molecule has 4 aromatic rings. The summed E-state index contributed by atoms with van der Waals surface area (Å²) in [5, 5.41) is 12.5. The Balaban J connectivity index is 1.48. The molecule has 3 heterocycles. The van der Waals surface area contributed by atoms with Crippen LogP contribution >= 0.6 is 22.9 Å². The van der Waals surface area contributed by atoms with E-state index in [4.69, 9.17) is 21.1 Å². The van der Waals surface area contributed by atoms with Crippen molar-refractivity contribution in [2.75, 3.05) is 11.5 Å². The summed E-state index contributed by atoms with van der Waals surface area (Å²) in [5.41, 5.74) is 2.68. The number of nitrogens with zero attached hydrogens (tertiary/aromatic N) is 2. The Labute approximate surface area is 247 Å². The van der Waals surface area contributed by atoms with Crippen LogP contribution in [0.3, 0.4) is 0 Å². The zero-order chi connectivity index (χ0) is 28.8. The van der Waals surface area contributed by atoms with Gasteiger partial charge >= 0.3 is 5.91 Å². The average molecular weight is 589 g/mol. The van der Waals surface area contributed by atoms with E-state index in [1.807, 2.05) is 37.3 Å². The largest absolute Gasteiger partial charge is 0.507 e. The molecule has 0 aliphatic carbocycles. The Hall–Kier alpha value is -3.88. The first-order chi connectivity index (χ1) is 19.7. The van der Waals surface area contributed by atoms with Gasteiger partial charge in [0.25, 0.3) is 5.78 Å². The van der Waals surface area contributed by atoms with Crippen molar-refractivity contribution in [1.29, 1.82) is 0 Å². The summed E-state index contributed by atoms with van der Waals surface area (Å²) in [6.45, 7) is 6.77. The van der Waals surface area contributed by atoms with Crippen LogP contribution in [-0.2, 0) is 16.0 Å². The van der Waals surface area contributed by atoms with Crippen LogP contribution in [-0.4, -0.2) is 34.5 Å². The smallest absolute Gasteiger partial charge is 0.301 e. The number of ketones is 1. The van der Waals surface area contributed by atoms with Gasteiger partial charge in [0.2, 0.25) is 0 Å². The van der Waals surface area contributed by atoms with Gasteiger partial charge in [-0.25, -0.2) is 4.98 Å². The third-order valence-electron chi connectivity index (χ3n) is 7.30. The lowest BCUT2D eigenvalue weighted by atomic mass is 9.94. The number of amides is 1. The Morgan fingerprint density at radius 2 is 2.00 bits per heavy atom. The molecule has 0 bridgehead atoms. The molecular formula is C32H29ClN2O5S. The molecule has 0 spiro atoms. The predicted octanol–water partition coefficient (Wildman–Crippen LogP) is 7.32. The number of aliphatic hydroxyl groups excluding tert-OH is 1. The van der Waals surface area contributed by atoms with Crippen molar-refractivity contribution in [2.24, 2.45) is 5.92 Å². The topological polar surface area (TPSA) is 89.0 Å². The molecule has 1 aromatic heterocycles. The van der Waals surface area contributed by atoms with E-state index in [9.17, 15) is 14.7 Å². The van der Waals surface area contributed by atoms with E-state index >= 15 is 0 Å². The molecule has 6 rings (SSSR count). The van der Waals surface area contributed by atoms with Gasteiger partial charge in [0.1, 0.15) is 23.4 Å². The highest BCUT2D eigenvalue weighted by Crippen LogP contribution is 2.45. The molecular weight excluding hydrogens is 560 g/mol. The molecule has 2 aliphatic rings. The molecule has 0 saturated carbocycles. The average Bonchev–Trinajstić information content (AvgIpc) is 3.60. The highest BCUT2D eigenvalue weighted by Gasteiger charge is 2.48. The van der Waals surface area contributed by atoms with Gasteiger partial charge in [-0.05, 0) is 78.9 Å². The minimum Gasteiger partial charge on any atom is -0.507 e. The number of fused-ring (bicyclic) bond motifs is 2. The Morgan fingerprint density at radius 1 is 1.17 bits per heavy atom. The van der Waals surface area contributed by atoms with Crippen LogP contribution in [0.4, 0.5) is 5.13 Å². The third-order valence-corrected chi connectivity index (χ3v) is 8.55. The summed E-state index contributed by atoms with van der Waals surface area (Å²) in [4.78, 5) is 33.4. The van der Waals surface area contributed by atoms with E-state index in [-0.39, 0.29) is 17.4 Å². The molecule has 2 unspecified atom stereocenters. The third kappa shape index (κ3) is 5.18. The number of thiazole rings is 1. The Bertz CT molecular complexity index is 1710. The van der Waals surface area contributed by atoms with Gasteiger partial charge in [-0.3, -0.25) is 14.5 Å². The van der Waals surface area contributed by atoms with E-state index < -0.39 is 17.7 Å². The molecule has 210 valence electrons. The number of ether oxygens (including phenoxy) is 2. The number of carbonyl (C=O) groups is 2. The summed E-state index contributed by atoms with van der Waals surface area (Å²) in [6.07, 6.45) is 1.61. The number of hydrogen-bond acceptors (Lipinski definition) is 7.